The molecule has 3 N–H and O–H groups in total. The Kier molecular flexibility index (Phi) is 3.73. The number of pyridine rings is 1. The standard InChI is InChI=1S/C15H21N3OS/c1-8-6-7-17-14-10(8)11(16)12(20-14)13(19)18-9(2)15(3,4)5/h6-7,9H,16H2,1-5H3,(H,18,19). The number of anilines is 1. The number of amides is 1. The molecule has 0 saturated heterocycles. The maximum Gasteiger partial charge on any atom is 0.263 e. The first kappa shape index (κ1) is 14.8. The van der Waals surface area contributed by atoms with Crippen LogP contribution in [0.4, 0.5) is 5.69 Å². The Morgan fingerprint density at radius 1 is 1.45 bits per heavy atom. The van der Waals surface area contributed by atoms with Crippen molar-refractivity contribution < 1.29 is 4.79 Å². The van der Waals surface area contributed by atoms with E-state index in [9.17, 15) is 4.79 Å². The minimum absolute atomic E-state index is 0.00920. The molecule has 0 saturated carbocycles. The molecule has 0 aliphatic heterocycles. The Morgan fingerprint density at radius 2 is 2.10 bits per heavy atom. The summed E-state index contributed by atoms with van der Waals surface area (Å²) in [6, 6.07) is 1.97. The summed E-state index contributed by atoms with van der Waals surface area (Å²) in [5.74, 6) is -0.118. The van der Waals surface area contributed by atoms with Gasteiger partial charge in [0.25, 0.3) is 5.91 Å². The van der Waals surface area contributed by atoms with Gasteiger partial charge in [0, 0.05) is 17.6 Å². The van der Waals surface area contributed by atoms with E-state index in [0.717, 1.165) is 15.8 Å². The first-order valence-corrected chi connectivity index (χ1v) is 7.48. The lowest BCUT2D eigenvalue weighted by Crippen LogP contribution is -2.41. The zero-order valence-corrected chi connectivity index (χ0v) is 13.4. The maximum absolute atomic E-state index is 12.4. The van der Waals surface area contributed by atoms with E-state index in [0.29, 0.717) is 10.6 Å². The average Bonchev–Trinajstić information content (AvgIpc) is 2.67. The van der Waals surface area contributed by atoms with E-state index in [4.69, 9.17) is 5.73 Å². The van der Waals surface area contributed by atoms with Crippen LogP contribution < -0.4 is 11.1 Å². The second-order valence-corrected chi connectivity index (χ2v) is 7.21. The molecule has 0 fully saturated rings. The van der Waals surface area contributed by atoms with Crippen molar-refractivity contribution >= 4 is 33.1 Å². The topological polar surface area (TPSA) is 68.0 Å². The molecule has 0 aliphatic carbocycles. The molecule has 4 nitrogen and oxygen atoms in total. The highest BCUT2D eigenvalue weighted by molar-refractivity contribution is 7.21. The SMILES string of the molecule is Cc1ccnc2sc(C(=O)NC(C)C(C)(C)C)c(N)c12. The van der Waals surface area contributed by atoms with Gasteiger partial charge in [0.1, 0.15) is 9.71 Å². The van der Waals surface area contributed by atoms with Crippen LogP contribution in [0.3, 0.4) is 0 Å². The van der Waals surface area contributed by atoms with Gasteiger partial charge in [-0.2, -0.15) is 0 Å². The summed E-state index contributed by atoms with van der Waals surface area (Å²) in [6.45, 7) is 10.3. The summed E-state index contributed by atoms with van der Waals surface area (Å²) in [5, 5.41) is 3.92. The van der Waals surface area contributed by atoms with Gasteiger partial charge < -0.3 is 11.1 Å². The first-order valence-electron chi connectivity index (χ1n) is 6.66. The minimum atomic E-state index is -0.118. The first-order chi connectivity index (χ1) is 9.21. The number of carbonyl (C=O) groups is 1. The van der Waals surface area contributed by atoms with E-state index in [-0.39, 0.29) is 17.4 Å². The van der Waals surface area contributed by atoms with Crippen LogP contribution in [0.15, 0.2) is 12.3 Å². The number of hydrogen-bond acceptors (Lipinski definition) is 4. The number of carbonyl (C=O) groups excluding carboxylic acids is 1. The Morgan fingerprint density at radius 3 is 2.65 bits per heavy atom. The Labute approximate surface area is 123 Å². The van der Waals surface area contributed by atoms with Crippen LogP contribution in [-0.4, -0.2) is 16.9 Å². The summed E-state index contributed by atoms with van der Waals surface area (Å²) in [4.78, 5) is 18.1. The Hall–Kier alpha value is -1.62. The van der Waals surface area contributed by atoms with Crippen molar-refractivity contribution in [3.63, 3.8) is 0 Å². The molecule has 2 heterocycles. The van der Waals surface area contributed by atoms with Gasteiger partial charge in [0.2, 0.25) is 0 Å². The lowest BCUT2D eigenvalue weighted by atomic mass is 9.88. The molecule has 0 radical (unpaired) electrons. The number of aryl methyl sites for hydroxylation is 1. The van der Waals surface area contributed by atoms with Gasteiger partial charge in [-0.3, -0.25) is 4.79 Å². The van der Waals surface area contributed by atoms with Crippen molar-refractivity contribution in [1.82, 2.24) is 10.3 Å². The number of nitrogens with zero attached hydrogens (tertiary/aromatic N) is 1. The highest BCUT2D eigenvalue weighted by Gasteiger charge is 2.25. The second kappa shape index (κ2) is 5.05. The molecule has 1 amide bonds. The van der Waals surface area contributed by atoms with Crippen LogP contribution in [0.25, 0.3) is 10.2 Å². The Bertz CT molecular complexity index is 655. The smallest absolute Gasteiger partial charge is 0.263 e. The number of hydrogen-bond donors (Lipinski definition) is 2. The largest absolute Gasteiger partial charge is 0.397 e. The van der Waals surface area contributed by atoms with Gasteiger partial charge >= 0.3 is 0 Å². The number of nitrogens with one attached hydrogen (secondary N) is 1. The van der Waals surface area contributed by atoms with Crippen LogP contribution in [-0.2, 0) is 0 Å². The number of rotatable bonds is 2. The zero-order chi connectivity index (χ0) is 15.1. The van der Waals surface area contributed by atoms with Gasteiger partial charge in [-0.25, -0.2) is 4.98 Å². The van der Waals surface area contributed by atoms with Crippen molar-refractivity contribution in [2.45, 2.75) is 40.7 Å². The summed E-state index contributed by atoms with van der Waals surface area (Å²) in [6.07, 6.45) is 1.74. The van der Waals surface area contributed by atoms with E-state index in [2.05, 4.69) is 31.1 Å². The molecular formula is C15H21N3OS. The fourth-order valence-electron chi connectivity index (χ4n) is 1.85. The van der Waals surface area contributed by atoms with Crippen LogP contribution >= 0.6 is 11.3 Å². The van der Waals surface area contributed by atoms with E-state index in [1.165, 1.54) is 11.3 Å². The lowest BCUT2D eigenvalue weighted by Gasteiger charge is -2.27. The second-order valence-electron chi connectivity index (χ2n) is 6.21. The number of thiophene rings is 1. The van der Waals surface area contributed by atoms with Crippen molar-refractivity contribution in [2.75, 3.05) is 5.73 Å². The minimum Gasteiger partial charge on any atom is -0.397 e. The van der Waals surface area contributed by atoms with Crippen LogP contribution in [0, 0.1) is 12.3 Å². The van der Waals surface area contributed by atoms with Gasteiger partial charge in [0.05, 0.1) is 5.69 Å². The molecule has 0 spiro atoms. The number of aromatic nitrogens is 1. The number of nitrogens with two attached hydrogens (primary N) is 1. The molecule has 0 aromatic carbocycles. The van der Waals surface area contributed by atoms with Gasteiger partial charge in [-0.15, -0.1) is 11.3 Å². The normalized spacial score (nSPS) is 13.4. The third-order valence-electron chi connectivity index (χ3n) is 3.69. The molecule has 2 aromatic rings. The highest BCUT2D eigenvalue weighted by atomic mass is 32.1. The van der Waals surface area contributed by atoms with Gasteiger partial charge in [-0.05, 0) is 30.9 Å². The summed E-state index contributed by atoms with van der Waals surface area (Å²) in [7, 11) is 0. The summed E-state index contributed by atoms with van der Waals surface area (Å²) >= 11 is 1.35. The van der Waals surface area contributed by atoms with Crippen molar-refractivity contribution in [3.05, 3.63) is 22.7 Å². The summed E-state index contributed by atoms with van der Waals surface area (Å²) in [5.41, 5.74) is 7.73. The monoisotopic (exact) mass is 291 g/mol. The fourth-order valence-corrected chi connectivity index (χ4v) is 2.89. The van der Waals surface area contributed by atoms with Crippen LogP contribution in [0.1, 0.15) is 42.9 Å². The van der Waals surface area contributed by atoms with E-state index in [1.54, 1.807) is 6.20 Å². The number of nitrogen functional groups attached to an aromatic ring is 1. The third kappa shape index (κ3) is 2.63. The van der Waals surface area contributed by atoms with Crippen LogP contribution in [0.5, 0.6) is 0 Å². The Balaban J connectivity index is 2.37. The highest BCUT2D eigenvalue weighted by Crippen LogP contribution is 2.34. The molecule has 1 atom stereocenters. The molecule has 2 rings (SSSR count). The molecule has 108 valence electrons. The molecule has 5 heteroatoms. The fraction of sp³-hybridized carbons (Fsp3) is 0.467. The van der Waals surface area contributed by atoms with E-state index >= 15 is 0 Å². The van der Waals surface area contributed by atoms with E-state index < -0.39 is 0 Å². The van der Waals surface area contributed by atoms with Crippen molar-refractivity contribution in [2.24, 2.45) is 5.41 Å². The predicted octanol–water partition coefficient (Wildman–Crippen LogP) is 3.35. The van der Waals surface area contributed by atoms with Gasteiger partial charge in [-0.1, -0.05) is 20.8 Å². The predicted molar refractivity (Wildman–Crippen MR) is 85.2 cm³/mol. The molecule has 0 bridgehead atoms. The molecule has 2 aromatic heterocycles. The average molecular weight is 291 g/mol. The molecule has 20 heavy (non-hydrogen) atoms. The van der Waals surface area contributed by atoms with Gasteiger partial charge in [0.15, 0.2) is 0 Å². The van der Waals surface area contributed by atoms with Crippen molar-refractivity contribution in [3.8, 4) is 0 Å². The molecular weight excluding hydrogens is 270 g/mol. The number of fused-ring (bicyclic) bond motifs is 1. The summed E-state index contributed by atoms with van der Waals surface area (Å²) < 4.78 is 0. The third-order valence-corrected chi connectivity index (χ3v) is 4.80. The van der Waals surface area contributed by atoms with E-state index in [1.807, 2.05) is 19.9 Å². The van der Waals surface area contributed by atoms with Crippen LogP contribution in [0.2, 0.25) is 0 Å². The maximum atomic E-state index is 12.4. The quantitative estimate of drug-likeness (QED) is 0.891. The van der Waals surface area contributed by atoms with Crippen molar-refractivity contribution in [1.29, 1.82) is 0 Å². The molecule has 1 unspecified atom stereocenters. The zero-order valence-electron chi connectivity index (χ0n) is 12.6. The molecule has 0 aliphatic rings. The lowest BCUT2D eigenvalue weighted by molar-refractivity contribution is 0.0915.